The highest BCUT2D eigenvalue weighted by atomic mass is 16.3. The fraction of sp³-hybridized carbons (Fsp3) is 0. The van der Waals surface area contributed by atoms with Crippen LogP contribution in [-0.4, -0.2) is 9.97 Å². The molecule has 0 aliphatic carbocycles. The third kappa shape index (κ3) is 1.84. The van der Waals surface area contributed by atoms with Crippen molar-refractivity contribution in [3.05, 3.63) is 72.9 Å². The number of rotatable bonds is 1. The van der Waals surface area contributed by atoms with Crippen molar-refractivity contribution >= 4 is 44.0 Å². The maximum absolute atomic E-state index is 5.89. The summed E-state index contributed by atoms with van der Waals surface area (Å²) >= 11 is 0. The van der Waals surface area contributed by atoms with Gasteiger partial charge in [-0.2, -0.15) is 4.98 Å². The Morgan fingerprint density at radius 1 is 0.615 bits per heavy atom. The lowest BCUT2D eigenvalue weighted by molar-refractivity contribution is 0.653. The van der Waals surface area contributed by atoms with Crippen molar-refractivity contribution in [1.29, 1.82) is 0 Å². The SMILES string of the molecule is c1ccc2c(c1)oc1ccc(-c3ncc4c(n3)oc3ccccc34)cc12. The molecule has 0 aliphatic rings. The number of hydrogen-bond acceptors (Lipinski definition) is 4. The van der Waals surface area contributed by atoms with Crippen LogP contribution in [0, 0.1) is 0 Å². The molecule has 4 nitrogen and oxygen atoms in total. The zero-order valence-corrected chi connectivity index (χ0v) is 13.6. The highest BCUT2D eigenvalue weighted by Crippen LogP contribution is 2.32. The first-order valence-corrected chi connectivity index (χ1v) is 8.43. The lowest BCUT2D eigenvalue weighted by Gasteiger charge is -2.00. The van der Waals surface area contributed by atoms with Crippen LogP contribution >= 0.6 is 0 Å². The molecule has 6 aromatic rings. The average molecular weight is 336 g/mol. The summed E-state index contributed by atoms with van der Waals surface area (Å²) in [6.45, 7) is 0. The van der Waals surface area contributed by atoms with E-state index in [1.54, 1.807) is 0 Å². The fourth-order valence-corrected chi connectivity index (χ4v) is 3.52. The smallest absolute Gasteiger partial charge is 0.230 e. The number of para-hydroxylation sites is 2. The Balaban J connectivity index is 1.59. The third-order valence-corrected chi connectivity index (χ3v) is 4.77. The van der Waals surface area contributed by atoms with Crippen LogP contribution < -0.4 is 0 Å². The van der Waals surface area contributed by atoms with E-state index in [2.05, 4.69) is 22.1 Å². The molecule has 3 heterocycles. The molecule has 0 atom stereocenters. The second kappa shape index (κ2) is 4.92. The number of benzene rings is 3. The van der Waals surface area contributed by atoms with E-state index < -0.39 is 0 Å². The van der Waals surface area contributed by atoms with Gasteiger partial charge in [-0.15, -0.1) is 0 Å². The standard InChI is InChI=1S/C22H12N2O2/c1-3-7-18-14(5-1)16-11-13(9-10-20(16)25-18)21-23-12-17-15-6-2-4-8-19(15)26-22(17)24-21/h1-12H. The fourth-order valence-electron chi connectivity index (χ4n) is 3.52. The van der Waals surface area contributed by atoms with Crippen molar-refractivity contribution in [2.24, 2.45) is 0 Å². The van der Waals surface area contributed by atoms with Gasteiger partial charge < -0.3 is 8.83 Å². The van der Waals surface area contributed by atoms with E-state index in [4.69, 9.17) is 8.83 Å². The van der Waals surface area contributed by atoms with Crippen LogP contribution in [0.1, 0.15) is 0 Å². The number of aromatic nitrogens is 2. The molecule has 0 N–H and O–H groups in total. The lowest BCUT2D eigenvalue weighted by atomic mass is 10.1. The van der Waals surface area contributed by atoms with Gasteiger partial charge in [-0.1, -0.05) is 36.4 Å². The summed E-state index contributed by atoms with van der Waals surface area (Å²) in [5.74, 6) is 0.642. The van der Waals surface area contributed by atoms with E-state index in [0.717, 1.165) is 43.9 Å². The van der Waals surface area contributed by atoms with Crippen LogP contribution in [0.3, 0.4) is 0 Å². The molecule has 4 heteroatoms. The van der Waals surface area contributed by atoms with Gasteiger partial charge in [0.2, 0.25) is 5.71 Å². The van der Waals surface area contributed by atoms with Crippen molar-refractivity contribution in [2.45, 2.75) is 0 Å². The number of fused-ring (bicyclic) bond motifs is 6. The first-order valence-electron chi connectivity index (χ1n) is 8.43. The van der Waals surface area contributed by atoms with Gasteiger partial charge in [-0.3, -0.25) is 0 Å². The van der Waals surface area contributed by atoms with E-state index in [1.807, 2.05) is 60.8 Å². The number of nitrogens with zero attached hydrogens (tertiary/aromatic N) is 2. The molecule has 3 aromatic heterocycles. The largest absolute Gasteiger partial charge is 0.456 e. The van der Waals surface area contributed by atoms with Crippen molar-refractivity contribution in [3.63, 3.8) is 0 Å². The van der Waals surface area contributed by atoms with E-state index in [1.165, 1.54) is 0 Å². The Labute approximate surface area is 147 Å². The van der Waals surface area contributed by atoms with Gasteiger partial charge in [0.15, 0.2) is 5.82 Å². The number of hydrogen-bond donors (Lipinski definition) is 0. The first kappa shape index (κ1) is 13.6. The molecule has 0 radical (unpaired) electrons. The maximum Gasteiger partial charge on any atom is 0.230 e. The third-order valence-electron chi connectivity index (χ3n) is 4.77. The molecule has 122 valence electrons. The topological polar surface area (TPSA) is 52.1 Å². The van der Waals surface area contributed by atoms with Gasteiger partial charge >= 0.3 is 0 Å². The van der Waals surface area contributed by atoms with Crippen molar-refractivity contribution in [2.75, 3.05) is 0 Å². The molecule has 0 fully saturated rings. The number of furan rings is 2. The summed E-state index contributed by atoms with van der Waals surface area (Å²) in [6.07, 6.45) is 1.83. The minimum absolute atomic E-state index is 0.605. The van der Waals surface area contributed by atoms with Gasteiger partial charge in [-0.25, -0.2) is 4.98 Å². The highest BCUT2D eigenvalue weighted by Gasteiger charge is 2.12. The maximum atomic E-state index is 5.89. The van der Waals surface area contributed by atoms with Gasteiger partial charge in [-0.05, 0) is 30.3 Å². The van der Waals surface area contributed by atoms with Crippen molar-refractivity contribution in [3.8, 4) is 11.4 Å². The van der Waals surface area contributed by atoms with Crippen LogP contribution in [0.2, 0.25) is 0 Å². The summed E-state index contributed by atoms with van der Waals surface area (Å²) in [5, 5.41) is 4.12. The average Bonchev–Trinajstić information content (AvgIpc) is 3.25. The molecule has 26 heavy (non-hydrogen) atoms. The second-order valence-electron chi connectivity index (χ2n) is 6.32. The van der Waals surface area contributed by atoms with Gasteiger partial charge in [0, 0.05) is 27.9 Å². The molecule has 0 spiro atoms. The summed E-state index contributed by atoms with van der Waals surface area (Å²) in [5.41, 5.74) is 4.11. The summed E-state index contributed by atoms with van der Waals surface area (Å²) in [4.78, 5) is 9.21. The molecule has 3 aromatic carbocycles. The van der Waals surface area contributed by atoms with Crippen LogP contribution in [-0.2, 0) is 0 Å². The molecule has 6 rings (SSSR count). The minimum Gasteiger partial charge on any atom is -0.456 e. The first-order chi connectivity index (χ1) is 12.9. The molecule has 0 bridgehead atoms. The molecule has 0 saturated carbocycles. The van der Waals surface area contributed by atoms with Gasteiger partial charge in [0.25, 0.3) is 0 Å². The zero-order valence-electron chi connectivity index (χ0n) is 13.6. The zero-order chi connectivity index (χ0) is 17.1. The van der Waals surface area contributed by atoms with Crippen LogP contribution in [0.25, 0.3) is 55.4 Å². The van der Waals surface area contributed by atoms with Crippen molar-refractivity contribution < 1.29 is 8.83 Å². The highest BCUT2D eigenvalue weighted by molar-refractivity contribution is 6.06. The lowest BCUT2D eigenvalue weighted by Crippen LogP contribution is -1.88. The van der Waals surface area contributed by atoms with Crippen molar-refractivity contribution in [1.82, 2.24) is 9.97 Å². The van der Waals surface area contributed by atoms with E-state index >= 15 is 0 Å². The Morgan fingerprint density at radius 3 is 2.15 bits per heavy atom. The predicted octanol–water partition coefficient (Wildman–Crippen LogP) is 5.94. The summed E-state index contributed by atoms with van der Waals surface area (Å²) < 4.78 is 11.8. The minimum atomic E-state index is 0.605. The van der Waals surface area contributed by atoms with Crippen LogP contribution in [0.15, 0.2) is 81.8 Å². The summed E-state index contributed by atoms with van der Waals surface area (Å²) in [7, 11) is 0. The Kier molecular flexibility index (Phi) is 2.58. The second-order valence-corrected chi connectivity index (χ2v) is 6.32. The Hall–Kier alpha value is -3.66. The molecule has 0 aliphatic heterocycles. The molecular weight excluding hydrogens is 324 g/mol. The quantitative estimate of drug-likeness (QED) is 0.373. The molecule has 0 amide bonds. The molecule has 0 unspecified atom stereocenters. The normalized spacial score (nSPS) is 11.8. The van der Waals surface area contributed by atoms with Gasteiger partial charge in [0.1, 0.15) is 16.7 Å². The van der Waals surface area contributed by atoms with E-state index in [-0.39, 0.29) is 0 Å². The Morgan fingerprint density at radius 2 is 1.31 bits per heavy atom. The van der Waals surface area contributed by atoms with Crippen LogP contribution in [0.4, 0.5) is 0 Å². The monoisotopic (exact) mass is 336 g/mol. The molecule has 0 saturated heterocycles. The Bertz CT molecular complexity index is 1440. The molecular formula is C22H12N2O2. The summed E-state index contributed by atoms with van der Waals surface area (Å²) in [6, 6.07) is 22.0. The van der Waals surface area contributed by atoms with Crippen LogP contribution in [0.5, 0.6) is 0 Å². The van der Waals surface area contributed by atoms with Gasteiger partial charge in [0.05, 0.1) is 5.39 Å². The predicted molar refractivity (Wildman–Crippen MR) is 102 cm³/mol. The van der Waals surface area contributed by atoms with E-state index in [9.17, 15) is 0 Å². The van der Waals surface area contributed by atoms with E-state index in [0.29, 0.717) is 11.5 Å².